The van der Waals surface area contributed by atoms with E-state index in [1.807, 2.05) is 6.92 Å². The second-order valence-corrected chi connectivity index (χ2v) is 4.75. The van der Waals surface area contributed by atoms with E-state index in [9.17, 15) is 4.79 Å². The molecule has 16 heavy (non-hydrogen) atoms. The van der Waals surface area contributed by atoms with Crippen LogP contribution in [0.25, 0.3) is 0 Å². The van der Waals surface area contributed by atoms with Gasteiger partial charge in [0, 0.05) is 19.1 Å². The van der Waals surface area contributed by atoms with E-state index < -0.39 is 0 Å². The van der Waals surface area contributed by atoms with Crippen molar-refractivity contribution in [1.82, 2.24) is 5.32 Å². The fourth-order valence-corrected chi connectivity index (χ4v) is 2.48. The van der Waals surface area contributed by atoms with Crippen LogP contribution in [0.15, 0.2) is 0 Å². The molecule has 4 heteroatoms. The maximum atomic E-state index is 12.0. The van der Waals surface area contributed by atoms with Crippen LogP contribution < -0.4 is 11.1 Å². The molecule has 0 saturated heterocycles. The molecule has 1 fully saturated rings. The molecule has 0 heterocycles. The van der Waals surface area contributed by atoms with Gasteiger partial charge in [-0.25, -0.2) is 0 Å². The Morgan fingerprint density at radius 1 is 1.50 bits per heavy atom. The van der Waals surface area contributed by atoms with Gasteiger partial charge in [-0.15, -0.1) is 0 Å². The zero-order chi connectivity index (χ0) is 12.0. The average molecular weight is 228 g/mol. The summed E-state index contributed by atoms with van der Waals surface area (Å²) in [5.41, 5.74) is 5.72. The average Bonchev–Trinajstić information content (AvgIpc) is 2.29. The number of rotatable bonds is 5. The highest BCUT2D eigenvalue weighted by Crippen LogP contribution is 2.29. The molecule has 4 nitrogen and oxygen atoms in total. The third-order valence-corrected chi connectivity index (χ3v) is 3.35. The van der Waals surface area contributed by atoms with E-state index in [0.717, 1.165) is 19.3 Å². The topological polar surface area (TPSA) is 64.3 Å². The van der Waals surface area contributed by atoms with Crippen LogP contribution in [-0.2, 0) is 9.53 Å². The summed E-state index contributed by atoms with van der Waals surface area (Å²) in [6.45, 7) is 3.14. The molecule has 1 saturated carbocycles. The highest BCUT2D eigenvalue weighted by Gasteiger charge is 2.30. The lowest BCUT2D eigenvalue weighted by atomic mass is 9.78. The number of amides is 1. The number of carbonyl (C=O) groups is 1. The van der Waals surface area contributed by atoms with Crippen molar-refractivity contribution in [3.63, 3.8) is 0 Å². The Kier molecular flexibility index (Phi) is 5.77. The minimum atomic E-state index is 0.0813. The normalized spacial score (nSPS) is 27.4. The minimum absolute atomic E-state index is 0.0813. The van der Waals surface area contributed by atoms with Crippen LogP contribution in [0.4, 0.5) is 0 Å². The molecular weight excluding hydrogens is 204 g/mol. The Labute approximate surface area is 97.9 Å². The lowest BCUT2D eigenvalue weighted by Crippen LogP contribution is -2.44. The summed E-state index contributed by atoms with van der Waals surface area (Å²) in [5, 5.41) is 3.00. The molecule has 1 rings (SSSR count). The lowest BCUT2D eigenvalue weighted by Gasteiger charge is -2.30. The van der Waals surface area contributed by atoms with Gasteiger partial charge in [0.05, 0.1) is 6.61 Å². The van der Waals surface area contributed by atoms with Crippen LogP contribution in [0, 0.1) is 11.8 Å². The van der Waals surface area contributed by atoms with E-state index in [1.165, 1.54) is 6.42 Å². The van der Waals surface area contributed by atoms with Crippen LogP contribution in [0.1, 0.15) is 32.6 Å². The first-order chi connectivity index (χ1) is 7.69. The molecule has 3 N–H and O–H groups in total. The Morgan fingerprint density at radius 2 is 2.19 bits per heavy atom. The molecule has 1 amide bonds. The van der Waals surface area contributed by atoms with Crippen LogP contribution in [0.3, 0.4) is 0 Å². The Morgan fingerprint density at radius 3 is 2.81 bits per heavy atom. The fourth-order valence-electron chi connectivity index (χ4n) is 2.48. The first-order valence-electron chi connectivity index (χ1n) is 6.18. The van der Waals surface area contributed by atoms with Crippen molar-refractivity contribution in [3.8, 4) is 0 Å². The molecule has 0 aromatic rings. The third kappa shape index (κ3) is 3.76. The Hall–Kier alpha value is -0.610. The number of nitrogens with one attached hydrogen (secondary N) is 1. The monoisotopic (exact) mass is 228 g/mol. The summed E-state index contributed by atoms with van der Waals surface area (Å²) in [7, 11) is 1.64. The van der Waals surface area contributed by atoms with Crippen LogP contribution in [0.5, 0.6) is 0 Å². The van der Waals surface area contributed by atoms with Gasteiger partial charge in [0.1, 0.15) is 0 Å². The van der Waals surface area contributed by atoms with E-state index in [1.54, 1.807) is 7.11 Å². The molecule has 0 spiro atoms. The third-order valence-electron chi connectivity index (χ3n) is 3.35. The van der Waals surface area contributed by atoms with Crippen LogP contribution >= 0.6 is 0 Å². The molecule has 0 bridgehead atoms. The summed E-state index contributed by atoms with van der Waals surface area (Å²) < 4.78 is 5.01. The van der Waals surface area contributed by atoms with Gasteiger partial charge in [0.25, 0.3) is 0 Å². The SMILES string of the molecule is COCC(C)NC(=O)C1CCCCC1CN. The molecule has 3 atom stereocenters. The molecule has 1 aliphatic carbocycles. The largest absolute Gasteiger partial charge is 0.383 e. The second kappa shape index (κ2) is 6.86. The Bertz CT molecular complexity index is 221. The predicted molar refractivity (Wildman–Crippen MR) is 64.0 cm³/mol. The molecule has 0 radical (unpaired) electrons. The van der Waals surface area contributed by atoms with Gasteiger partial charge in [0.2, 0.25) is 5.91 Å². The molecule has 1 aliphatic rings. The Balaban J connectivity index is 2.44. The molecule has 0 aromatic heterocycles. The van der Waals surface area contributed by atoms with Gasteiger partial charge < -0.3 is 15.8 Å². The highest BCUT2D eigenvalue weighted by molar-refractivity contribution is 5.79. The molecular formula is C12H24N2O2. The van der Waals surface area contributed by atoms with E-state index in [2.05, 4.69) is 5.32 Å². The zero-order valence-electron chi connectivity index (χ0n) is 10.4. The number of hydrogen-bond acceptors (Lipinski definition) is 3. The van der Waals surface area contributed by atoms with Crippen molar-refractivity contribution in [2.75, 3.05) is 20.3 Å². The van der Waals surface area contributed by atoms with E-state index in [-0.39, 0.29) is 17.9 Å². The number of nitrogens with two attached hydrogens (primary N) is 1. The van der Waals surface area contributed by atoms with Crippen LogP contribution in [-0.4, -0.2) is 32.2 Å². The zero-order valence-corrected chi connectivity index (χ0v) is 10.4. The van der Waals surface area contributed by atoms with Crippen molar-refractivity contribution >= 4 is 5.91 Å². The first-order valence-corrected chi connectivity index (χ1v) is 6.18. The van der Waals surface area contributed by atoms with Gasteiger partial charge in [-0.2, -0.15) is 0 Å². The van der Waals surface area contributed by atoms with Crippen molar-refractivity contribution in [1.29, 1.82) is 0 Å². The fraction of sp³-hybridized carbons (Fsp3) is 0.917. The van der Waals surface area contributed by atoms with Crippen molar-refractivity contribution in [2.45, 2.75) is 38.6 Å². The molecule has 0 aliphatic heterocycles. The van der Waals surface area contributed by atoms with Gasteiger partial charge >= 0.3 is 0 Å². The van der Waals surface area contributed by atoms with Crippen molar-refractivity contribution in [3.05, 3.63) is 0 Å². The standard InChI is InChI=1S/C12H24N2O2/c1-9(8-16-2)14-12(15)11-6-4-3-5-10(11)7-13/h9-11H,3-8,13H2,1-2H3,(H,14,15). The smallest absolute Gasteiger partial charge is 0.223 e. The van der Waals surface area contributed by atoms with Gasteiger partial charge in [-0.05, 0) is 32.2 Å². The lowest BCUT2D eigenvalue weighted by molar-refractivity contribution is -0.128. The summed E-state index contributed by atoms with van der Waals surface area (Å²) in [5.74, 6) is 0.626. The molecule has 3 unspecified atom stereocenters. The quantitative estimate of drug-likeness (QED) is 0.735. The molecule has 0 aromatic carbocycles. The van der Waals surface area contributed by atoms with Crippen molar-refractivity contribution in [2.24, 2.45) is 17.6 Å². The maximum Gasteiger partial charge on any atom is 0.223 e. The van der Waals surface area contributed by atoms with Crippen LogP contribution in [0.2, 0.25) is 0 Å². The van der Waals surface area contributed by atoms with Crippen molar-refractivity contribution < 1.29 is 9.53 Å². The minimum Gasteiger partial charge on any atom is -0.383 e. The summed E-state index contributed by atoms with van der Waals surface area (Å²) in [4.78, 5) is 12.0. The second-order valence-electron chi connectivity index (χ2n) is 4.75. The molecule has 94 valence electrons. The maximum absolute atomic E-state index is 12.0. The van der Waals surface area contributed by atoms with Gasteiger partial charge in [-0.1, -0.05) is 12.8 Å². The van der Waals surface area contributed by atoms with Gasteiger partial charge in [-0.3, -0.25) is 4.79 Å². The van der Waals surface area contributed by atoms with Gasteiger partial charge in [0.15, 0.2) is 0 Å². The number of ether oxygens (including phenoxy) is 1. The summed E-state index contributed by atoms with van der Waals surface area (Å²) in [6.07, 6.45) is 4.42. The van der Waals surface area contributed by atoms with E-state index >= 15 is 0 Å². The highest BCUT2D eigenvalue weighted by atomic mass is 16.5. The predicted octanol–water partition coefficient (Wildman–Crippen LogP) is 0.903. The number of methoxy groups -OCH3 is 1. The number of hydrogen-bond donors (Lipinski definition) is 2. The van der Waals surface area contributed by atoms with E-state index in [0.29, 0.717) is 19.1 Å². The summed E-state index contributed by atoms with van der Waals surface area (Å²) in [6, 6.07) is 0.0813. The first kappa shape index (κ1) is 13.5. The summed E-state index contributed by atoms with van der Waals surface area (Å²) >= 11 is 0. The number of carbonyl (C=O) groups excluding carboxylic acids is 1. The van der Waals surface area contributed by atoms with E-state index in [4.69, 9.17) is 10.5 Å².